The minimum Gasteiger partial charge on any atom is -0.496 e. The van der Waals surface area contributed by atoms with E-state index in [0.29, 0.717) is 51.5 Å². The van der Waals surface area contributed by atoms with Gasteiger partial charge in [-0.25, -0.2) is 5.43 Å². The van der Waals surface area contributed by atoms with Gasteiger partial charge in [0.15, 0.2) is 5.82 Å². The molecular weight excluding hydrogens is 526 g/mol. The van der Waals surface area contributed by atoms with Crippen molar-refractivity contribution in [1.82, 2.24) is 9.97 Å². The van der Waals surface area contributed by atoms with Gasteiger partial charge in [-0.05, 0) is 36.4 Å². The van der Waals surface area contributed by atoms with Crippen molar-refractivity contribution >= 4 is 35.7 Å². The van der Waals surface area contributed by atoms with Crippen molar-refractivity contribution in [3.63, 3.8) is 0 Å². The summed E-state index contributed by atoms with van der Waals surface area (Å²) in [5, 5.41) is 11.9. The highest BCUT2D eigenvalue weighted by atomic mass is 16.5. The van der Waals surface area contributed by atoms with Crippen LogP contribution < -0.4 is 39.9 Å². The summed E-state index contributed by atoms with van der Waals surface area (Å²) in [5.74, 6) is 4.12. The van der Waals surface area contributed by atoms with Crippen LogP contribution in [0.5, 0.6) is 28.7 Å². The number of benzene rings is 3. The third-order valence-electron chi connectivity index (χ3n) is 5.76. The highest BCUT2D eigenvalue weighted by Gasteiger charge is 2.11. The van der Waals surface area contributed by atoms with Crippen molar-refractivity contribution in [3.8, 4) is 28.7 Å². The molecular formula is C29H31N7O5. The van der Waals surface area contributed by atoms with Crippen molar-refractivity contribution in [2.24, 2.45) is 10.2 Å². The fraction of sp³-hybridized carbons (Fsp3) is 0.172. The zero-order valence-electron chi connectivity index (χ0n) is 23.3. The Labute approximate surface area is 238 Å². The predicted molar refractivity (Wildman–Crippen MR) is 160 cm³/mol. The van der Waals surface area contributed by atoms with Crippen molar-refractivity contribution in [3.05, 3.63) is 77.9 Å². The van der Waals surface area contributed by atoms with E-state index in [-0.39, 0.29) is 5.95 Å². The minimum absolute atomic E-state index is 0.197. The van der Waals surface area contributed by atoms with Gasteiger partial charge in [-0.3, -0.25) is 5.43 Å². The van der Waals surface area contributed by atoms with Crippen LogP contribution in [0.25, 0.3) is 0 Å². The molecule has 0 spiro atoms. The molecule has 0 radical (unpaired) electrons. The molecule has 12 nitrogen and oxygen atoms in total. The van der Waals surface area contributed by atoms with E-state index in [2.05, 4.69) is 36.3 Å². The van der Waals surface area contributed by atoms with Crippen LogP contribution in [0.3, 0.4) is 0 Å². The molecule has 3 aromatic carbocycles. The molecule has 0 aliphatic carbocycles. The van der Waals surface area contributed by atoms with Gasteiger partial charge in [-0.1, -0.05) is 24.3 Å². The number of hydrazone groups is 2. The highest BCUT2D eigenvalue weighted by Crippen LogP contribution is 2.29. The number of nitrogens with zero attached hydrogens (tertiary/aromatic N) is 4. The number of aromatic nitrogens is 2. The summed E-state index contributed by atoms with van der Waals surface area (Å²) in [4.78, 5) is 9.04. The fourth-order valence-electron chi connectivity index (χ4n) is 3.84. The number of hydrogen-bond acceptors (Lipinski definition) is 12. The molecule has 0 saturated carbocycles. The highest BCUT2D eigenvalue weighted by molar-refractivity contribution is 5.88. The van der Waals surface area contributed by atoms with E-state index >= 15 is 0 Å². The SMILES string of the molecule is COc1ccccc1Nc1cc(NN=Cc2c(OC)cccc2OC)nc(NN=Cc2c(OC)cccc2OC)n1. The molecule has 0 fully saturated rings. The molecule has 0 saturated heterocycles. The fourth-order valence-corrected chi connectivity index (χ4v) is 3.84. The van der Waals surface area contributed by atoms with E-state index in [1.807, 2.05) is 60.7 Å². The Balaban J connectivity index is 1.64. The molecule has 41 heavy (non-hydrogen) atoms. The molecule has 0 aliphatic rings. The molecule has 4 rings (SSSR count). The van der Waals surface area contributed by atoms with E-state index in [1.165, 1.54) is 0 Å². The molecule has 0 atom stereocenters. The van der Waals surface area contributed by atoms with E-state index in [0.717, 1.165) is 5.69 Å². The Kier molecular flexibility index (Phi) is 9.75. The van der Waals surface area contributed by atoms with E-state index < -0.39 is 0 Å². The molecule has 1 heterocycles. The molecule has 0 aliphatic heterocycles. The minimum atomic E-state index is 0.197. The Hall–Kier alpha value is -5.52. The molecule has 4 aromatic rings. The third kappa shape index (κ3) is 7.12. The monoisotopic (exact) mass is 557 g/mol. The zero-order chi connectivity index (χ0) is 29.0. The van der Waals surface area contributed by atoms with E-state index in [4.69, 9.17) is 23.7 Å². The van der Waals surface area contributed by atoms with Crippen molar-refractivity contribution < 1.29 is 23.7 Å². The largest absolute Gasteiger partial charge is 0.496 e. The molecule has 0 amide bonds. The first-order chi connectivity index (χ1) is 20.1. The van der Waals surface area contributed by atoms with Crippen LogP contribution in [0.1, 0.15) is 11.1 Å². The number of nitrogens with one attached hydrogen (secondary N) is 3. The zero-order valence-corrected chi connectivity index (χ0v) is 23.3. The van der Waals surface area contributed by atoms with Crippen LogP contribution in [0.4, 0.5) is 23.3 Å². The molecule has 3 N–H and O–H groups in total. The number of rotatable bonds is 13. The van der Waals surface area contributed by atoms with Gasteiger partial charge >= 0.3 is 0 Å². The van der Waals surface area contributed by atoms with Crippen molar-refractivity contribution in [2.45, 2.75) is 0 Å². The van der Waals surface area contributed by atoms with E-state index in [9.17, 15) is 0 Å². The normalized spacial score (nSPS) is 10.9. The summed E-state index contributed by atoms with van der Waals surface area (Å²) in [6.07, 6.45) is 3.16. The van der Waals surface area contributed by atoms with Crippen LogP contribution in [0.2, 0.25) is 0 Å². The summed E-state index contributed by atoms with van der Waals surface area (Å²) in [7, 11) is 7.92. The quantitative estimate of drug-likeness (QED) is 0.150. The summed E-state index contributed by atoms with van der Waals surface area (Å²) in [6, 6.07) is 20.1. The van der Waals surface area contributed by atoms with Crippen LogP contribution in [0, 0.1) is 0 Å². The van der Waals surface area contributed by atoms with Gasteiger partial charge < -0.3 is 29.0 Å². The average Bonchev–Trinajstić information content (AvgIpc) is 3.01. The average molecular weight is 558 g/mol. The standard InChI is InChI=1S/C29H31N7O5/c1-37-22-12-8-13-23(38-2)19(22)17-30-35-28-16-27(32-21-10-6-7-11-26(21)41-5)33-29(34-28)36-31-18-20-24(39-3)14-9-15-25(20)40-4/h6-18H,1-5H3,(H3,32,33,34,35,36). The maximum atomic E-state index is 5.46. The van der Waals surface area contributed by atoms with Gasteiger partial charge in [0.05, 0.1) is 64.8 Å². The Morgan fingerprint density at radius 3 is 1.56 bits per heavy atom. The molecule has 12 heteroatoms. The number of methoxy groups -OCH3 is 5. The van der Waals surface area contributed by atoms with Gasteiger partial charge in [-0.15, -0.1) is 0 Å². The summed E-state index contributed by atoms with van der Waals surface area (Å²) in [6.45, 7) is 0. The number of ether oxygens (including phenoxy) is 5. The van der Waals surface area contributed by atoms with Gasteiger partial charge in [0, 0.05) is 6.07 Å². The number of anilines is 4. The first kappa shape index (κ1) is 28.5. The van der Waals surface area contributed by atoms with Gasteiger partial charge in [-0.2, -0.15) is 20.2 Å². The molecule has 0 bridgehead atoms. The Morgan fingerprint density at radius 2 is 1.02 bits per heavy atom. The predicted octanol–water partition coefficient (Wildman–Crippen LogP) is 5.16. The first-order valence-corrected chi connectivity index (χ1v) is 12.4. The van der Waals surface area contributed by atoms with Crippen molar-refractivity contribution in [2.75, 3.05) is 51.7 Å². The third-order valence-corrected chi connectivity index (χ3v) is 5.76. The van der Waals surface area contributed by atoms with Crippen molar-refractivity contribution in [1.29, 1.82) is 0 Å². The maximum absolute atomic E-state index is 5.46. The lowest BCUT2D eigenvalue weighted by atomic mass is 10.2. The van der Waals surface area contributed by atoms with Crippen LogP contribution >= 0.6 is 0 Å². The summed E-state index contributed by atoms with van der Waals surface area (Å²) in [5.41, 5.74) is 7.85. The smallest absolute Gasteiger partial charge is 0.247 e. The van der Waals surface area contributed by atoms with E-state index in [1.54, 1.807) is 54.0 Å². The molecule has 212 valence electrons. The summed E-state index contributed by atoms with van der Waals surface area (Å²) < 4.78 is 27.2. The lowest BCUT2D eigenvalue weighted by Crippen LogP contribution is -2.05. The number of para-hydroxylation sites is 2. The lowest BCUT2D eigenvalue weighted by molar-refractivity contribution is 0.393. The van der Waals surface area contributed by atoms with Crippen LogP contribution in [-0.4, -0.2) is 57.9 Å². The topological polar surface area (TPSA) is 133 Å². The molecule has 0 unspecified atom stereocenters. The second-order valence-electron chi connectivity index (χ2n) is 8.18. The van der Waals surface area contributed by atoms with Crippen LogP contribution in [0.15, 0.2) is 76.9 Å². The maximum Gasteiger partial charge on any atom is 0.247 e. The molecule has 1 aromatic heterocycles. The Morgan fingerprint density at radius 1 is 0.561 bits per heavy atom. The van der Waals surface area contributed by atoms with Gasteiger partial charge in [0.2, 0.25) is 5.95 Å². The summed E-state index contributed by atoms with van der Waals surface area (Å²) >= 11 is 0. The van der Waals surface area contributed by atoms with Crippen LogP contribution in [-0.2, 0) is 0 Å². The Bertz CT molecular complexity index is 1400. The van der Waals surface area contributed by atoms with Gasteiger partial charge in [0.25, 0.3) is 0 Å². The second-order valence-corrected chi connectivity index (χ2v) is 8.18. The number of hydrogen-bond donors (Lipinski definition) is 3. The second kappa shape index (κ2) is 14.0. The first-order valence-electron chi connectivity index (χ1n) is 12.4. The lowest BCUT2D eigenvalue weighted by Gasteiger charge is -2.12. The van der Waals surface area contributed by atoms with Gasteiger partial charge in [0.1, 0.15) is 34.6 Å².